The van der Waals surface area contributed by atoms with E-state index >= 15 is 0 Å². The zero-order valence-corrected chi connectivity index (χ0v) is 14.5. The molecule has 3 nitrogen and oxygen atoms in total. The summed E-state index contributed by atoms with van der Waals surface area (Å²) >= 11 is 0. The predicted octanol–water partition coefficient (Wildman–Crippen LogP) is 4.38. The molecule has 0 amide bonds. The molecule has 0 aliphatic heterocycles. The average Bonchev–Trinajstić information content (AvgIpc) is 3.05. The zero-order chi connectivity index (χ0) is 17.9. The highest BCUT2D eigenvalue weighted by Crippen LogP contribution is 2.30. The van der Waals surface area contributed by atoms with E-state index in [2.05, 4.69) is 27.2 Å². The molecule has 0 saturated carbocycles. The number of hydrogen-bond donors (Lipinski definition) is 1. The van der Waals surface area contributed by atoms with Crippen LogP contribution in [0.3, 0.4) is 0 Å². The van der Waals surface area contributed by atoms with E-state index in [0.29, 0.717) is 12.1 Å². The lowest BCUT2D eigenvalue weighted by molar-refractivity contribution is 0.443. The van der Waals surface area contributed by atoms with Crippen LogP contribution in [0.1, 0.15) is 41.3 Å². The van der Waals surface area contributed by atoms with Gasteiger partial charge in [-0.1, -0.05) is 36.4 Å². The molecule has 1 aliphatic carbocycles. The lowest BCUT2D eigenvalue weighted by atomic mass is 9.92. The van der Waals surface area contributed by atoms with Crippen LogP contribution in [0.15, 0.2) is 54.7 Å². The number of benzene rings is 2. The number of halogens is 2. The second kappa shape index (κ2) is 7.38. The van der Waals surface area contributed by atoms with Crippen molar-refractivity contribution >= 4 is 0 Å². The van der Waals surface area contributed by atoms with Crippen LogP contribution in [0.4, 0.5) is 8.78 Å². The van der Waals surface area contributed by atoms with E-state index in [1.54, 1.807) is 0 Å². The van der Waals surface area contributed by atoms with Crippen LogP contribution in [0.2, 0.25) is 0 Å². The first-order valence-corrected chi connectivity index (χ1v) is 8.96. The average molecular weight is 353 g/mol. The van der Waals surface area contributed by atoms with Crippen molar-refractivity contribution in [2.24, 2.45) is 0 Å². The lowest BCUT2D eigenvalue weighted by Gasteiger charge is -2.24. The fraction of sp³-hybridized carbons (Fsp3) is 0.286. The second-order valence-corrected chi connectivity index (χ2v) is 6.75. The van der Waals surface area contributed by atoms with Gasteiger partial charge in [0.15, 0.2) is 0 Å². The molecule has 5 heteroatoms. The number of fused-ring (bicyclic) bond motifs is 1. The van der Waals surface area contributed by atoms with Gasteiger partial charge in [0.25, 0.3) is 0 Å². The minimum absolute atomic E-state index is 0.146. The molecular formula is C21H21F2N3. The molecule has 2 aromatic carbocycles. The summed E-state index contributed by atoms with van der Waals surface area (Å²) in [6.45, 7) is 1.13. The lowest BCUT2D eigenvalue weighted by Crippen LogP contribution is -2.25. The minimum Gasteiger partial charge on any atom is -0.306 e. The van der Waals surface area contributed by atoms with Gasteiger partial charge >= 0.3 is 0 Å². The van der Waals surface area contributed by atoms with Crippen molar-refractivity contribution in [1.82, 2.24) is 15.1 Å². The van der Waals surface area contributed by atoms with Crippen molar-refractivity contribution in [3.05, 3.63) is 88.7 Å². The fourth-order valence-corrected chi connectivity index (χ4v) is 3.62. The van der Waals surface area contributed by atoms with E-state index in [9.17, 15) is 8.78 Å². The van der Waals surface area contributed by atoms with Gasteiger partial charge in [0, 0.05) is 35.5 Å². The summed E-state index contributed by atoms with van der Waals surface area (Å²) in [5.41, 5.74) is 4.14. The van der Waals surface area contributed by atoms with Crippen LogP contribution in [-0.4, -0.2) is 9.78 Å². The van der Waals surface area contributed by atoms with Crippen LogP contribution >= 0.6 is 0 Å². The third-order valence-corrected chi connectivity index (χ3v) is 4.99. The van der Waals surface area contributed by atoms with Crippen LogP contribution in [0.5, 0.6) is 0 Å². The monoisotopic (exact) mass is 353 g/mol. The van der Waals surface area contributed by atoms with Crippen LogP contribution < -0.4 is 5.32 Å². The summed E-state index contributed by atoms with van der Waals surface area (Å²) in [6, 6.07) is 14.2. The Balaban J connectivity index is 1.49. The SMILES string of the molecule is Fc1ccc(CN[C@H]2CCCc3c2cnn3Cc2ccccc2)c(F)c1. The van der Waals surface area contributed by atoms with Crippen LogP contribution in [0, 0.1) is 11.6 Å². The Bertz CT molecular complexity index is 890. The Labute approximate surface area is 151 Å². The molecule has 1 atom stereocenters. The molecule has 1 N–H and O–H groups in total. The smallest absolute Gasteiger partial charge is 0.130 e. The zero-order valence-electron chi connectivity index (χ0n) is 14.5. The fourth-order valence-electron chi connectivity index (χ4n) is 3.62. The summed E-state index contributed by atoms with van der Waals surface area (Å²) in [4.78, 5) is 0. The van der Waals surface area contributed by atoms with E-state index in [4.69, 9.17) is 0 Å². The van der Waals surface area contributed by atoms with E-state index in [1.165, 1.54) is 29.0 Å². The molecule has 0 bridgehead atoms. The van der Waals surface area contributed by atoms with Crippen molar-refractivity contribution in [3.63, 3.8) is 0 Å². The van der Waals surface area contributed by atoms with Gasteiger partial charge in [-0.2, -0.15) is 5.10 Å². The molecule has 0 saturated heterocycles. The predicted molar refractivity (Wildman–Crippen MR) is 96.6 cm³/mol. The van der Waals surface area contributed by atoms with Gasteiger partial charge in [0.05, 0.1) is 12.7 Å². The van der Waals surface area contributed by atoms with Crippen molar-refractivity contribution < 1.29 is 8.78 Å². The highest BCUT2D eigenvalue weighted by molar-refractivity contribution is 5.27. The molecule has 3 aromatic rings. The molecule has 0 spiro atoms. The number of hydrogen-bond acceptors (Lipinski definition) is 2. The summed E-state index contributed by atoms with van der Waals surface area (Å²) < 4.78 is 29.0. The Morgan fingerprint density at radius 1 is 1.12 bits per heavy atom. The summed E-state index contributed by atoms with van der Waals surface area (Å²) in [7, 11) is 0. The molecule has 1 aliphatic rings. The molecule has 1 heterocycles. The van der Waals surface area contributed by atoms with Gasteiger partial charge in [-0.3, -0.25) is 4.68 Å². The first kappa shape index (κ1) is 16.9. The first-order chi connectivity index (χ1) is 12.7. The molecule has 0 radical (unpaired) electrons. The normalized spacial score (nSPS) is 16.5. The highest BCUT2D eigenvalue weighted by atomic mass is 19.1. The second-order valence-electron chi connectivity index (χ2n) is 6.75. The Morgan fingerprint density at radius 3 is 2.77 bits per heavy atom. The van der Waals surface area contributed by atoms with Crippen molar-refractivity contribution in [3.8, 4) is 0 Å². The Hall–Kier alpha value is -2.53. The van der Waals surface area contributed by atoms with Gasteiger partial charge < -0.3 is 5.32 Å². The van der Waals surface area contributed by atoms with Gasteiger partial charge in [-0.15, -0.1) is 0 Å². The van der Waals surface area contributed by atoms with E-state index in [1.807, 2.05) is 24.4 Å². The maximum Gasteiger partial charge on any atom is 0.130 e. The maximum atomic E-state index is 13.9. The van der Waals surface area contributed by atoms with Gasteiger partial charge in [-0.25, -0.2) is 8.78 Å². The molecule has 1 aromatic heterocycles. The molecule has 134 valence electrons. The van der Waals surface area contributed by atoms with E-state index in [-0.39, 0.29) is 6.04 Å². The van der Waals surface area contributed by atoms with Gasteiger partial charge in [-0.05, 0) is 30.9 Å². The quantitative estimate of drug-likeness (QED) is 0.738. The van der Waals surface area contributed by atoms with Gasteiger partial charge in [0.1, 0.15) is 11.6 Å². The van der Waals surface area contributed by atoms with Gasteiger partial charge in [0.2, 0.25) is 0 Å². The first-order valence-electron chi connectivity index (χ1n) is 8.96. The molecular weight excluding hydrogens is 332 g/mol. The van der Waals surface area contributed by atoms with Crippen LogP contribution in [-0.2, 0) is 19.5 Å². The topological polar surface area (TPSA) is 29.9 Å². The molecule has 4 rings (SSSR count). The summed E-state index contributed by atoms with van der Waals surface area (Å²) in [5.74, 6) is -1.05. The van der Waals surface area contributed by atoms with Crippen molar-refractivity contribution in [2.75, 3.05) is 0 Å². The van der Waals surface area contributed by atoms with E-state index < -0.39 is 11.6 Å². The highest BCUT2D eigenvalue weighted by Gasteiger charge is 2.24. The number of rotatable bonds is 5. The molecule has 0 unspecified atom stereocenters. The third-order valence-electron chi connectivity index (χ3n) is 4.99. The molecule has 0 fully saturated rings. The summed E-state index contributed by atoms with van der Waals surface area (Å²) in [5, 5.41) is 8.00. The number of nitrogens with one attached hydrogen (secondary N) is 1. The summed E-state index contributed by atoms with van der Waals surface area (Å²) in [6.07, 6.45) is 4.99. The third kappa shape index (κ3) is 3.53. The van der Waals surface area contributed by atoms with Crippen molar-refractivity contribution in [2.45, 2.75) is 38.4 Å². The van der Waals surface area contributed by atoms with Crippen LogP contribution in [0.25, 0.3) is 0 Å². The maximum absolute atomic E-state index is 13.9. The van der Waals surface area contributed by atoms with Crippen molar-refractivity contribution in [1.29, 1.82) is 0 Å². The Morgan fingerprint density at radius 2 is 1.96 bits per heavy atom. The molecule has 26 heavy (non-hydrogen) atoms. The Kier molecular flexibility index (Phi) is 4.80. The van der Waals surface area contributed by atoms with E-state index in [0.717, 1.165) is 31.9 Å². The largest absolute Gasteiger partial charge is 0.306 e. The standard InChI is InChI=1S/C21H21F2N3/c22-17-10-9-16(19(23)11-17)12-24-20-7-4-8-21-18(20)13-25-26(21)14-15-5-2-1-3-6-15/h1-3,5-6,9-11,13,20,24H,4,7-8,12,14H2/t20-/m0/s1. The number of aromatic nitrogens is 2. The minimum atomic E-state index is -0.548. The number of nitrogens with zero attached hydrogens (tertiary/aromatic N) is 2.